The zero-order chi connectivity index (χ0) is 37.1. The maximum absolute atomic E-state index is 13.8. The van der Waals surface area contributed by atoms with E-state index in [9.17, 15) is 19.7 Å². The molecule has 0 unspecified atom stereocenters. The summed E-state index contributed by atoms with van der Waals surface area (Å²) in [5, 5.41) is 15.9. The van der Waals surface area contributed by atoms with E-state index in [1.54, 1.807) is 31.4 Å². The molecule has 5 rings (SSSR count). The van der Waals surface area contributed by atoms with Crippen LogP contribution in [0.1, 0.15) is 48.3 Å². The van der Waals surface area contributed by atoms with Gasteiger partial charge in [-0.15, -0.1) is 0 Å². The number of alkyl carbamates (subject to hydrolysis) is 1. The molecule has 10 nitrogen and oxygen atoms in total. The average molecular weight is 719 g/mol. The zero-order valence-electron chi connectivity index (χ0n) is 29.6. The van der Waals surface area contributed by atoms with E-state index in [0.29, 0.717) is 11.3 Å². The molecule has 0 heterocycles. The fraction of sp³-hybridized carbons (Fsp3) is 0.220. The van der Waals surface area contributed by atoms with Crippen molar-refractivity contribution in [2.75, 3.05) is 13.7 Å². The normalized spacial score (nSPS) is 12.6. The van der Waals surface area contributed by atoms with Gasteiger partial charge in [-0.2, -0.15) is 0 Å². The highest BCUT2D eigenvalue weighted by Crippen LogP contribution is 2.37. The van der Waals surface area contributed by atoms with Gasteiger partial charge in [0.25, 0.3) is 14.0 Å². The molecule has 0 aromatic heterocycles. The summed E-state index contributed by atoms with van der Waals surface area (Å²) in [5.74, 6) is -0.152. The quantitative estimate of drug-likeness (QED) is 0.0546. The number of methoxy groups -OCH3 is 1. The van der Waals surface area contributed by atoms with E-state index in [1.165, 1.54) is 24.3 Å². The minimum absolute atomic E-state index is 0.0216. The molecule has 0 aliphatic rings. The molecule has 1 N–H and O–H groups in total. The minimum Gasteiger partial charge on any atom is -0.497 e. The van der Waals surface area contributed by atoms with Gasteiger partial charge in [-0.05, 0) is 50.8 Å². The molecule has 0 saturated heterocycles. The minimum atomic E-state index is -3.15. The van der Waals surface area contributed by atoms with Crippen LogP contribution in [0, 0.1) is 10.1 Å². The first-order valence-corrected chi connectivity index (χ1v) is 18.7. The lowest BCUT2D eigenvalue weighted by molar-refractivity contribution is -0.384. The van der Waals surface area contributed by atoms with Crippen molar-refractivity contribution >= 4 is 36.4 Å². The first-order chi connectivity index (χ1) is 25.0. The Morgan fingerprint density at radius 3 is 1.81 bits per heavy atom. The van der Waals surface area contributed by atoms with Crippen molar-refractivity contribution in [1.82, 2.24) is 5.32 Å². The molecule has 0 saturated carbocycles. The van der Waals surface area contributed by atoms with Crippen LogP contribution in [0.15, 0.2) is 140 Å². The van der Waals surface area contributed by atoms with Crippen LogP contribution in [-0.4, -0.2) is 45.1 Å². The number of nitro benzene ring substituents is 1. The number of non-ortho nitro benzene ring substituents is 1. The molecular formula is C41H42N2O8Si. The summed E-state index contributed by atoms with van der Waals surface area (Å²) >= 11 is 0. The Hall–Kier alpha value is -5.78. The average Bonchev–Trinajstić information content (AvgIpc) is 3.16. The van der Waals surface area contributed by atoms with Gasteiger partial charge >= 0.3 is 12.1 Å². The van der Waals surface area contributed by atoms with Crippen LogP contribution in [0.2, 0.25) is 5.04 Å². The van der Waals surface area contributed by atoms with Crippen LogP contribution < -0.4 is 20.4 Å². The highest BCUT2D eigenvalue weighted by Gasteiger charge is 2.51. The maximum Gasteiger partial charge on any atom is 0.408 e. The summed E-state index contributed by atoms with van der Waals surface area (Å²) < 4.78 is 24.5. The predicted octanol–water partition coefficient (Wildman–Crippen LogP) is 7.37. The molecule has 5 aromatic rings. The fourth-order valence-electron chi connectivity index (χ4n) is 6.19. The van der Waals surface area contributed by atoms with Gasteiger partial charge in [0.15, 0.2) is 0 Å². The molecule has 2 atom stereocenters. The lowest BCUT2D eigenvalue weighted by atomic mass is 10.0. The summed E-state index contributed by atoms with van der Waals surface area (Å²) in [4.78, 5) is 38.1. The molecule has 268 valence electrons. The third-order valence-electron chi connectivity index (χ3n) is 8.79. The second-order valence-electron chi connectivity index (χ2n) is 13.2. The van der Waals surface area contributed by atoms with Crippen molar-refractivity contribution < 1.29 is 33.1 Å². The Kier molecular flexibility index (Phi) is 12.2. The number of amides is 1. The van der Waals surface area contributed by atoms with E-state index < -0.39 is 42.5 Å². The molecule has 0 fully saturated rings. The number of rotatable bonds is 14. The Morgan fingerprint density at radius 2 is 1.31 bits per heavy atom. The van der Waals surface area contributed by atoms with Crippen LogP contribution in [0.4, 0.5) is 10.5 Å². The van der Waals surface area contributed by atoms with Crippen molar-refractivity contribution in [2.45, 2.75) is 44.6 Å². The number of nitrogens with zero attached hydrogens (tertiary/aromatic N) is 1. The molecule has 52 heavy (non-hydrogen) atoms. The summed E-state index contributed by atoms with van der Waals surface area (Å²) in [6.45, 7) is 6.31. The van der Waals surface area contributed by atoms with E-state index in [-0.39, 0.29) is 24.5 Å². The number of ether oxygens (including phenoxy) is 3. The Labute approximate surface area is 304 Å². The van der Waals surface area contributed by atoms with Crippen molar-refractivity contribution in [3.8, 4) is 5.75 Å². The first kappa shape index (κ1) is 37.5. The topological polar surface area (TPSA) is 126 Å². The molecule has 0 bridgehead atoms. The molecule has 5 aromatic carbocycles. The summed E-state index contributed by atoms with van der Waals surface area (Å²) in [7, 11) is -1.60. The van der Waals surface area contributed by atoms with Gasteiger partial charge < -0.3 is 24.0 Å². The second kappa shape index (κ2) is 17.0. The molecule has 11 heteroatoms. The van der Waals surface area contributed by atoms with E-state index >= 15 is 0 Å². The molecule has 0 aliphatic carbocycles. The standard InChI is InChI=1S/C41H42N2O8Si/c1-41(2,3)52(35-16-10-6-11-17-35,36-18-12-7-13-19-36)50-29-37(51-39(44)32-20-24-33(25-21-32)43(46)47)38(31-22-26-34(48-4)27-23-31)42-40(45)49-28-30-14-8-5-9-15-30/h5-27,37-38H,28-29H2,1-4H3,(H,42,45)/t37-,38-/m0/s1. The Balaban J connectivity index is 1.57. The van der Waals surface area contributed by atoms with E-state index in [2.05, 4.69) is 50.4 Å². The Morgan fingerprint density at radius 1 is 0.769 bits per heavy atom. The van der Waals surface area contributed by atoms with Crippen LogP contribution in [0.5, 0.6) is 5.75 Å². The fourth-order valence-corrected chi connectivity index (χ4v) is 10.8. The summed E-state index contributed by atoms with van der Waals surface area (Å²) in [6.07, 6.45) is -1.83. The third-order valence-corrected chi connectivity index (χ3v) is 13.8. The number of carbonyl (C=O) groups excluding carboxylic acids is 2. The summed E-state index contributed by atoms with van der Waals surface area (Å²) in [5.41, 5.74) is 1.34. The number of carbonyl (C=O) groups is 2. The smallest absolute Gasteiger partial charge is 0.408 e. The molecule has 0 spiro atoms. The third kappa shape index (κ3) is 8.92. The molecule has 0 radical (unpaired) electrons. The number of hydrogen-bond donors (Lipinski definition) is 1. The number of nitro groups is 1. The van der Waals surface area contributed by atoms with Crippen molar-refractivity contribution in [3.05, 3.63) is 166 Å². The molecular weight excluding hydrogens is 677 g/mol. The monoisotopic (exact) mass is 718 g/mol. The maximum atomic E-state index is 13.8. The van der Waals surface area contributed by atoms with Gasteiger partial charge in [0.1, 0.15) is 18.5 Å². The Bertz CT molecular complexity index is 1880. The largest absolute Gasteiger partial charge is 0.497 e. The van der Waals surface area contributed by atoms with Crippen LogP contribution >= 0.6 is 0 Å². The van der Waals surface area contributed by atoms with Gasteiger partial charge in [-0.1, -0.05) is 124 Å². The summed E-state index contributed by atoms with van der Waals surface area (Å²) in [6, 6.07) is 40.6. The highest BCUT2D eigenvalue weighted by molar-refractivity contribution is 6.99. The second-order valence-corrected chi connectivity index (χ2v) is 17.5. The number of benzene rings is 5. The van der Waals surface area contributed by atoms with Crippen LogP contribution in [0.3, 0.4) is 0 Å². The zero-order valence-corrected chi connectivity index (χ0v) is 30.6. The van der Waals surface area contributed by atoms with Gasteiger partial charge in [-0.3, -0.25) is 10.1 Å². The van der Waals surface area contributed by atoms with Crippen molar-refractivity contribution in [2.24, 2.45) is 0 Å². The SMILES string of the molecule is COc1ccc([C@H](NC(=O)OCc2ccccc2)[C@H](CO[Si](c2ccccc2)(c2ccccc2)C(C)(C)C)OC(=O)c2ccc([N+](=O)[O-])cc2)cc1. The van der Waals surface area contributed by atoms with Gasteiger partial charge in [0.05, 0.1) is 30.2 Å². The van der Waals surface area contributed by atoms with Crippen molar-refractivity contribution in [1.29, 1.82) is 0 Å². The van der Waals surface area contributed by atoms with E-state index in [1.807, 2.05) is 66.7 Å². The van der Waals surface area contributed by atoms with Gasteiger partial charge in [-0.25, -0.2) is 9.59 Å². The number of nitrogens with one attached hydrogen (secondary N) is 1. The van der Waals surface area contributed by atoms with Crippen LogP contribution in [-0.2, 0) is 20.5 Å². The molecule has 1 amide bonds. The van der Waals surface area contributed by atoms with E-state index in [0.717, 1.165) is 15.9 Å². The van der Waals surface area contributed by atoms with E-state index in [4.69, 9.17) is 18.6 Å². The van der Waals surface area contributed by atoms with Gasteiger partial charge in [0, 0.05) is 12.1 Å². The lowest BCUT2D eigenvalue weighted by Crippen LogP contribution is -2.67. The van der Waals surface area contributed by atoms with Gasteiger partial charge in [0.2, 0.25) is 0 Å². The molecule has 0 aliphatic heterocycles. The first-order valence-electron chi connectivity index (χ1n) is 16.8. The predicted molar refractivity (Wildman–Crippen MR) is 201 cm³/mol. The van der Waals surface area contributed by atoms with Crippen LogP contribution in [0.25, 0.3) is 0 Å². The number of hydrogen-bond acceptors (Lipinski definition) is 8. The van der Waals surface area contributed by atoms with Crippen molar-refractivity contribution in [3.63, 3.8) is 0 Å². The number of esters is 1. The highest BCUT2D eigenvalue weighted by atomic mass is 28.4. The lowest BCUT2D eigenvalue weighted by Gasteiger charge is -2.44.